The Hall–Kier alpha value is -2.24. The van der Waals surface area contributed by atoms with Gasteiger partial charge in [-0.25, -0.2) is 8.78 Å². The number of aromatic amines is 1. The predicted octanol–water partition coefficient (Wildman–Crippen LogP) is 2.44. The van der Waals surface area contributed by atoms with Crippen molar-refractivity contribution in [2.45, 2.75) is 17.8 Å². The molecule has 1 unspecified atom stereocenters. The van der Waals surface area contributed by atoms with Crippen LogP contribution in [0.5, 0.6) is 0 Å². The zero-order chi connectivity index (χ0) is 13.7. The highest BCUT2D eigenvalue weighted by molar-refractivity contribution is 5.90. The van der Waals surface area contributed by atoms with Crippen molar-refractivity contribution < 1.29 is 18.7 Å². The molecule has 1 aromatic carbocycles. The summed E-state index contributed by atoms with van der Waals surface area (Å²) in [6, 6.07) is 8.72. The molecule has 98 valence electrons. The second-order valence-electron chi connectivity index (χ2n) is 4.62. The Morgan fingerprint density at radius 1 is 1.32 bits per heavy atom. The van der Waals surface area contributed by atoms with Crippen LogP contribution in [0.3, 0.4) is 0 Å². The van der Waals surface area contributed by atoms with Crippen LogP contribution in [-0.2, 0) is 10.2 Å². The van der Waals surface area contributed by atoms with E-state index in [1.807, 2.05) is 0 Å². The number of nitrogens with one attached hydrogen (secondary N) is 1. The van der Waals surface area contributed by atoms with Gasteiger partial charge in [0.25, 0.3) is 5.92 Å². The molecule has 1 atom stereocenters. The van der Waals surface area contributed by atoms with Crippen LogP contribution in [0.1, 0.15) is 12.0 Å². The molecule has 0 aliphatic heterocycles. The number of hydrogen-bond acceptors (Lipinski definition) is 2. The van der Waals surface area contributed by atoms with Gasteiger partial charge in [0, 0.05) is 12.0 Å². The van der Waals surface area contributed by atoms with E-state index in [2.05, 4.69) is 10.2 Å². The van der Waals surface area contributed by atoms with Gasteiger partial charge in [-0.1, -0.05) is 30.3 Å². The monoisotopic (exact) mass is 264 g/mol. The molecule has 0 bridgehead atoms. The maximum atomic E-state index is 13.5. The van der Waals surface area contributed by atoms with Gasteiger partial charge >= 0.3 is 5.97 Å². The van der Waals surface area contributed by atoms with E-state index in [-0.39, 0.29) is 5.56 Å². The van der Waals surface area contributed by atoms with Gasteiger partial charge in [-0.3, -0.25) is 9.89 Å². The van der Waals surface area contributed by atoms with Crippen LogP contribution < -0.4 is 0 Å². The lowest BCUT2D eigenvalue weighted by Crippen LogP contribution is -2.27. The molecule has 1 aromatic heterocycles. The van der Waals surface area contributed by atoms with E-state index >= 15 is 0 Å². The van der Waals surface area contributed by atoms with Gasteiger partial charge in [0.05, 0.1) is 11.9 Å². The Balaban J connectivity index is 2.14. The fourth-order valence-corrected chi connectivity index (χ4v) is 2.36. The molecule has 1 aliphatic carbocycles. The molecule has 1 fully saturated rings. The van der Waals surface area contributed by atoms with E-state index in [4.69, 9.17) is 5.11 Å². The number of halogens is 2. The Morgan fingerprint density at radius 3 is 2.47 bits per heavy atom. The molecule has 0 radical (unpaired) electrons. The summed E-state index contributed by atoms with van der Waals surface area (Å²) in [7, 11) is 0. The van der Waals surface area contributed by atoms with Crippen LogP contribution in [0.2, 0.25) is 0 Å². The number of benzene rings is 1. The number of aromatic nitrogens is 2. The first-order chi connectivity index (χ1) is 8.99. The number of alkyl halides is 2. The summed E-state index contributed by atoms with van der Waals surface area (Å²) < 4.78 is 27.1. The molecule has 1 aliphatic rings. The molecule has 2 N–H and O–H groups in total. The number of carboxylic acids is 1. The summed E-state index contributed by atoms with van der Waals surface area (Å²) in [6.07, 6.45) is 0.492. The Kier molecular flexibility index (Phi) is 2.26. The largest absolute Gasteiger partial charge is 0.480 e. The summed E-state index contributed by atoms with van der Waals surface area (Å²) in [5.74, 6) is -4.75. The van der Waals surface area contributed by atoms with Crippen LogP contribution >= 0.6 is 0 Å². The van der Waals surface area contributed by atoms with Crippen LogP contribution in [0.4, 0.5) is 8.78 Å². The molecule has 1 saturated carbocycles. The number of aliphatic carboxylic acids is 1. The average Bonchev–Trinajstić information content (AvgIpc) is 2.77. The number of carboxylic acid groups (broad SMARTS) is 1. The Morgan fingerprint density at radius 2 is 1.95 bits per heavy atom. The average molecular weight is 264 g/mol. The van der Waals surface area contributed by atoms with E-state index < -0.39 is 23.7 Å². The predicted molar refractivity (Wildman–Crippen MR) is 62.9 cm³/mol. The molecule has 3 rings (SSSR count). The molecule has 0 saturated heterocycles. The lowest BCUT2D eigenvalue weighted by Gasteiger charge is -2.11. The van der Waals surface area contributed by atoms with Crippen molar-refractivity contribution in [1.29, 1.82) is 0 Å². The number of carbonyl (C=O) groups is 1. The van der Waals surface area contributed by atoms with Gasteiger partial charge in [0.1, 0.15) is 0 Å². The topological polar surface area (TPSA) is 66.0 Å². The van der Waals surface area contributed by atoms with Gasteiger partial charge in [0.15, 0.2) is 5.41 Å². The highest BCUT2D eigenvalue weighted by atomic mass is 19.3. The second-order valence-corrected chi connectivity index (χ2v) is 4.62. The first-order valence-electron chi connectivity index (χ1n) is 5.69. The Labute approximate surface area is 107 Å². The minimum Gasteiger partial charge on any atom is -0.480 e. The van der Waals surface area contributed by atoms with Crippen molar-refractivity contribution >= 4 is 5.97 Å². The van der Waals surface area contributed by atoms with Crippen LogP contribution in [0.15, 0.2) is 36.5 Å². The molecule has 0 amide bonds. The molecule has 1 heterocycles. The van der Waals surface area contributed by atoms with Gasteiger partial charge in [-0.15, -0.1) is 0 Å². The highest BCUT2D eigenvalue weighted by Gasteiger charge is 2.78. The zero-order valence-electron chi connectivity index (χ0n) is 9.73. The smallest absolute Gasteiger partial charge is 0.320 e. The summed E-state index contributed by atoms with van der Waals surface area (Å²) in [5.41, 5.74) is -1.14. The van der Waals surface area contributed by atoms with Crippen molar-refractivity contribution in [2.75, 3.05) is 0 Å². The van der Waals surface area contributed by atoms with E-state index in [1.54, 1.807) is 30.3 Å². The normalized spacial score (nSPS) is 24.1. The molecule has 4 nitrogen and oxygen atoms in total. The fraction of sp³-hybridized carbons (Fsp3) is 0.231. The quantitative estimate of drug-likeness (QED) is 0.894. The maximum Gasteiger partial charge on any atom is 0.320 e. The first-order valence-corrected chi connectivity index (χ1v) is 5.69. The van der Waals surface area contributed by atoms with E-state index in [0.717, 1.165) is 0 Å². The van der Waals surface area contributed by atoms with E-state index in [1.165, 1.54) is 6.20 Å². The van der Waals surface area contributed by atoms with Gasteiger partial charge in [-0.05, 0) is 5.56 Å². The summed E-state index contributed by atoms with van der Waals surface area (Å²) in [4.78, 5) is 11.3. The van der Waals surface area contributed by atoms with Crippen LogP contribution in [-0.4, -0.2) is 27.2 Å². The SMILES string of the molecule is O=C(O)C1(c2cn[nH]c2-c2ccccc2)CC1(F)F. The summed E-state index contributed by atoms with van der Waals surface area (Å²) in [5, 5.41) is 15.5. The molecule has 6 heteroatoms. The van der Waals surface area contributed by atoms with Crippen molar-refractivity contribution in [2.24, 2.45) is 0 Å². The highest BCUT2D eigenvalue weighted by Crippen LogP contribution is 2.62. The maximum absolute atomic E-state index is 13.5. The molecule has 2 aromatic rings. The molecule has 0 spiro atoms. The number of H-pyrrole nitrogens is 1. The summed E-state index contributed by atoms with van der Waals surface area (Å²) >= 11 is 0. The summed E-state index contributed by atoms with van der Waals surface area (Å²) in [6.45, 7) is 0. The first kappa shape index (κ1) is 11.8. The third kappa shape index (κ3) is 1.49. The van der Waals surface area contributed by atoms with Crippen LogP contribution in [0, 0.1) is 0 Å². The van der Waals surface area contributed by atoms with E-state index in [0.29, 0.717) is 11.3 Å². The third-order valence-electron chi connectivity index (χ3n) is 3.51. The van der Waals surface area contributed by atoms with E-state index in [9.17, 15) is 13.6 Å². The van der Waals surface area contributed by atoms with Gasteiger partial charge < -0.3 is 5.11 Å². The van der Waals surface area contributed by atoms with Crippen molar-refractivity contribution in [3.8, 4) is 11.3 Å². The minimum absolute atomic E-state index is 0.0381. The van der Waals surface area contributed by atoms with Gasteiger partial charge in [-0.2, -0.15) is 5.10 Å². The minimum atomic E-state index is -3.23. The number of rotatable bonds is 3. The Bertz CT molecular complexity index is 639. The van der Waals surface area contributed by atoms with Gasteiger partial charge in [0.2, 0.25) is 0 Å². The third-order valence-corrected chi connectivity index (χ3v) is 3.51. The lowest BCUT2D eigenvalue weighted by atomic mass is 9.93. The molecular formula is C13H10F2N2O2. The fourth-order valence-electron chi connectivity index (χ4n) is 2.36. The van der Waals surface area contributed by atoms with Crippen molar-refractivity contribution in [3.63, 3.8) is 0 Å². The molecular weight excluding hydrogens is 254 g/mol. The number of hydrogen-bond donors (Lipinski definition) is 2. The lowest BCUT2D eigenvalue weighted by molar-refractivity contribution is -0.142. The van der Waals surface area contributed by atoms with Crippen molar-refractivity contribution in [3.05, 3.63) is 42.1 Å². The number of nitrogens with zero attached hydrogens (tertiary/aromatic N) is 1. The second kappa shape index (κ2) is 3.63. The standard InChI is InChI=1S/C13H10F2N2O2/c14-13(15)7-12(13,11(18)19)9-6-16-17-10(9)8-4-2-1-3-5-8/h1-6H,7H2,(H,16,17)(H,18,19). The zero-order valence-corrected chi connectivity index (χ0v) is 9.73. The van der Waals surface area contributed by atoms with Crippen molar-refractivity contribution in [1.82, 2.24) is 10.2 Å². The molecule has 19 heavy (non-hydrogen) atoms. The van der Waals surface area contributed by atoms with Crippen LogP contribution in [0.25, 0.3) is 11.3 Å².